The lowest BCUT2D eigenvalue weighted by Crippen LogP contribution is -2.37. The average molecular weight is 299 g/mol. The highest BCUT2D eigenvalue weighted by Gasteiger charge is 2.32. The second-order valence-electron chi connectivity index (χ2n) is 6.01. The molecule has 0 saturated carbocycles. The van der Waals surface area contributed by atoms with Crippen LogP contribution >= 0.6 is 11.6 Å². The first kappa shape index (κ1) is 13.2. The van der Waals surface area contributed by atoms with Crippen LogP contribution in [0.1, 0.15) is 22.7 Å². The Kier molecular flexibility index (Phi) is 3.16. The van der Waals surface area contributed by atoms with Gasteiger partial charge in [-0.3, -0.25) is 4.90 Å². The fourth-order valence-electron chi connectivity index (χ4n) is 3.71. The highest BCUT2D eigenvalue weighted by molar-refractivity contribution is 6.30. The molecule has 0 radical (unpaired) electrons. The zero-order valence-corrected chi connectivity index (χ0v) is 13.0. The summed E-state index contributed by atoms with van der Waals surface area (Å²) in [6.45, 7) is 3.29. The van der Waals surface area contributed by atoms with Gasteiger partial charge < -0.3 is 4.90 Å². The van der Waals surface area contributed by atoms with Crippen molar-refractivity contribution in [2.75, 3.05) is 31.6 Å². The fraction of sp³-hybridized carbons (Fsp3) is 0.333. The summed E-state index contributed by atoms with van der Waals surface area (Å²) in [5, 5.41) is 0.826. The lowest BCUT2D eigenvalue weighted by molar-refractivity contribution is 0.224. The van der Waals surface area contributed by atoms with Crippen molar-refractivity contribution >= 4 is 17.3 Å². The van der Waals surface area contributed by atoms with Gasteiger partial charge in [0.25, 0.3) is 0 Å². The molecule has 1 atom stereocenters. The van der Waals surface area contributed by atoms with E-state index in [9.17, 15) is 0 Å². The number of likely N-dealkylation sites (N-methyl/N-ethyl adjacent to an activating group) is 1. The molecule has 2 aliphatic rings. The van der Waals surface area contributed by atoms with E-state index >= 15 is 0 Å². The molecular formula is C18H19ClN2. The van der Waals surface area contributed by atoms with Crippen molar-refractivity contribution in [3.8, 4) is 0 Å². The molecule has 4 rings (SSSR count). The van der Waals surface area contributed by atoms with Gasteiger partial charge in [0.05, 0.1) is 6.04 Å². The second-order valence-corrected chi connectivity index (χ2v) is 6.45. The van der Waals surface area contributed by atoms with Crippen LogP contribution in [0.3, 0.4) is 0 Å². The molecule has 0 fully saturated rings. The summed E-state index contributed by atoms with van der Waals surface area (Å²) in [5.41, 5.74) is 5.58. The van der Waals surface area contributed by atoms with Crippen LogP contribution in [-0.4, -0.2) is 31.6 Å². The maximum absolute atomic E-state index is 6.30. The number of anilines is 1. The van der Waals surface area contributed by atoms with Gasteiger partial charge in [0.15, 0.2) is 0 Å². The molecular weight excluding hydrogens is 280 g/mol. The molecule has 0 saturated heterocycles. The second kappa shape index (κ2) is 5.04. The Labute approximate surface area is 130 Å². The lowest BCUT2D eigenvalue weighted by atomic mass is 9.88. The number of rotatable bonds is 0. The standard InChI is InChI=1S/C18H19ClN2/c1-20-10-11-21-9-8-13-4-2-3-5-15(13)18(21)16-12-14(19)6-7-17(16)20/h2-7,12,18H,8-11H2,1H3. The normalized spacial score (nSPS) is 21.2. The number of hydrogen-bond acceptors (Lipinski definition) is 2. The van der Waals surface area contributed by atoms with Gasteiger partial charge in [0.2, 0.25) is 0 Å². The fourth-order valence-corrected chi connectivity index (χ4v) is 3.90. The van der Waals surface area contributed by atoms with Crippen LogP contribution in [0.25, 0.3) is 0 Å². The van der Waals surface area contributed by atoms with E-state index in [0.717, 1.165) is 31.1 Å². The molecule has 0 amide bonds. The van der Waals surface area contributed by atoms with Crippen molar-refractivity contribution in [1.82, 2.24) is 4.90 Å². The molecule has 2 nitrogen and oxygen atoms in total. The topological polar surface area (TPSA) is 6.48 Å². The summed E-state index contributed by atoms with van der Waals surface area (Å²) in [6, 6.07) is 15.5. The number of hydrogen-bond donors (Lipinski definition) is 0. The molecule has 0 spiro atoms. The molecule has 0 N–H and O–H groups in total. The number of fused-ring (bicyclic) bond motifs is 5. The van der Waals surface area contributed by atoms with E-state index in [1.165, 1.54) is 22.4 Å². The van der Waals surface area contributed by atoms with E-state index in [0.29, 0.717) is 6.04 Å². The predicted octanol–water partition coefficient (Wildman–Crippen LogP) is 3.74. The highest BCUT2D eigenvalue weighted by atomic mass is 35.5. The lowest BCUT2D eigenvalue weighted by Gasteiger charge is -2.36. The van der Waals surface area contributed by atoms with Crippen LogP contribution in [0.15, 0.2) is 42.5 Å². The van der Waals surface area contributed by atoms with Crippen LogP contribution in [-0.2, 0) is 6.42 Å². The summed E-state index contributed by atoms with van der Waals surface area (Å²) >= 11 is 6.30. The Morgan fingerprint density at radius 3 is 2.76 bits per heavy atom. The van der Waals surface area contributed by atoms with Gasteiger partial charge in [-0.25, -0.2) is 0 Å². The molecule has 1 unspecified atom stereocenters. The molecule has 2 aromatic carbocycles. The van der Waals surface area contributed by atoms with Crippen molar-refractivity contribution in [2.45, 2.75) is 12.5 Å². The Morgan fingerprint density at radius 1 is 1.00 bits per heavy atom. The molecule has 0 aliphatic carbocycles. The molecule has 2 aromatic rings. The first-order valence-corrected chi connectivity index (χ1v) is 7.94. The molecule has 0 aromatic heterocycles. The van der Waals surface area contributed by atoms with Crippen molar-refractivity contribution in [3.05, 3.63) is 64.2 Å². The van der Waals surface area contributed by atoms with E-state index in [2.05, 4.69) is 53.2 Å². The van der Waals surface area contributed by atoms with Crippen LogP contribution in [0.2, 0.25) is 5.02 Å². The quantitative estimate of drug-likeness (QED) is 0.731. The van der Waals surface area contributed by atoms with E-state index in [1.54, 1.807) is 0 Å². The van der Waals surface area contributed by atoms with Crippen LogP contribution < -0.4 is 4.90 Å². The molecule has 21 heavy (non-hydrogen) atoms. The van der Waals surface area contributed by atoms with Gasteiger partial charge in [-0.2, -0.15) is 0 Å². The number of nitrogens with zero attached hydrogens (tertiary/aromatic N) is 2. The van der Waals surface area contributed by atoms with E-state index < -0.39 is 0 Å². The summed E-state index contributed by atoms with van der Waals surface area (Å²) in [6.07, 6.45) is 1.15. The monoisotopic (exact) mass is 298 g/mol. The smallest absolute Gasteiger partial charge is 0.0626 e. The highest BCUT2D eigenvalue weighted by Crippen LogP contribution is 2.41. The minimum atomic E-state index is 0.341. The van der Waals surface area contributed by atoms with Gasteiger partial charge in [-0.15, -0.1) is 0 Å². The molecule has 108 valence electrons. The van der Waals surface area contributed by atoms with Crippen LogP contribution in [0, 0.1) is 0 Å². The van der Waals surface area contributed by atoms with Crippen LogP contribution in [0.4, 0.5) is 5.69 Å². The van der Waals surface area contributed by atoms with Gasteiger partial charge in [0.1, 0.15) is 0 Å². The zero-order chi connectivity index (χ0) is 14.4. The number of halogens is 1. The first-order chi connectivity index (χ1) is 10.2. The van der Waals surface area contributed by atoms with Crippen molar-refractivity contribution in [2.24, 2.45) is 0 Å². The molecule has 0 bridgehead atoms. The van der Waals surface area contributed by atoms with E-state index in [1.807, 2.05) is 6.07 Å². The minimum Gasteiger partial charge on any atom is -0.373 e. The SMILES string of the molecule is CN1CCN2CCc3ccccc3C2c2cc(Cl)ccc21. The average Bonchev–Trinajstić information content (AvgIpc) is 2.64. The maximum atomic E-state index is 6.30. The summed E-state index contributed by atoms with van der Waals surface area (Å²) in [4.78, 5) is 4.95. The molecule has 3 heteroatoms. The Balaban J connectivity index is 1.94. The molecule has 2 heterocycles. The molecule has 2 aliphatic heterocycles. The largest absolute Gasteiger partial charge is 0.373 e. The summed E-state index contributed by atoms with van der Waals surface area (Å²) in [5.74, 6) is 0. The van der Waals surface area contributed by atoms with Crippen molar-refractivity contribution in [3.63, 3.8) is 0 Å². The predicted molar refractivity (Wildman–Crippen MR) is 88.3 cm³/mol. The van der Waals surface area contributed by atoms with Gasteiger partial charge >= 0.3 is 0 Å². The Hall–Kier alpha value is -1.51. The van der Waals surface area contributed by atoms with Crippen molar-refractivity contribution in [1.29, 1.82) is 0 Å². The first-order valence-electron chi connectivity index (χ1n) is 7.56. The van der Waals surface area contributed by atoms with E-state index in [-0.39, 0.29) is 0 Å². The zero-order valence-electron chi connectivity index (χ0n) is 12.2. The van der Waals surface area contributed by atoms with Gasteiger partial charge in [0, 0.05) is 37.4 Å². The Morgan fingerprint density at radius 2 is 1.86 bits per heavy atom. The van der Waals surface area contributed by atoms with Gasteiger partial charge in [-0.05, 0) is 41.3 Å². The van der Waals surface area contributed by atoms with Gasteiger partial charge in [-0.1, -0.05) is 35.9 Å². The van der Waals surface area contributed by atoms with Crippen LogP contribution in [0.5, 0.6) is 0 Å². The third-order valence-corrected chi connectivity index (χ3v) is 5.04. The third-order valence-electron chi connectivity index (χ3n) is 4.80. The third kappa shape index (κ3) is 2.14. The number of benzene rings is 2. The minimum absolute atomic E-state index is 0.341. The Bertz CT molecular complexity index is 683. The summed E-state index contributed by atoms with van der Waals surface area (Å²) in [7, 11) is 2.18. The summed E-state index contributed by atoms with van der Waals surface area (Å²) < 4.78 is 0. The van der Waals surface area contributed by atoms with Crippen molar-refractivity contribution < 1.29 is 0 Å². The van der Waals surface area contributed by atoms with E-state index in [4.69, 9.17) is 11.6 Å². The maximum Gasteiger partial charge on any atom is 0.0626 e.